The van der Waals surface area contributed by atoms with Crippen molar-refractivity contribution in [3.05, 3.63) is 29.3 Å². The third-order valence-corrected chi connectivity index (χ3v) is 4.71. The molecule has 0 unspecified atom stereocenters. The monoisotopic (exact) mass is 358 g/mol. The van der Waals surface area contributed by atoms with Crippen LogP contribution in [0.4, 0.5) is 5.69 Å². The summed E-state index contributed by atoms with van der Waals surface area (Å²) in [6.45, 7) is 12.6. The second-order valence-corrected chi connectivity index (χ2v) is 7.02. The second-order valence-electron chi connectivity index (χ2n) is 7.02. The molecule has 0 saturated heterocycles. The quantitative estimate of drug-likeness (QED) is 0.815. The highest BCUT2D eigenvalue weighted by Crippen LogP contribution is 2.25. The summed E-state index contributed by atoms with van der Waals surface area (Å²) >= 11 is 0. The highest BCUT2D eigenvalue weighted by molar-refractivity contribution is 6.40. The first-order valence-electron chi connectivity index (χ1n) is 9.33. The van der Waals surface area contributed by atoms with E-state index >= 15 is 0 Å². The number of aryl methyl sites for hydroxylation is 2. The fraction of sp³-hybridized carbons (Fsp3) is 0.550. The number of carbonyl (C=O) groups is 2. The highest BCUT2D eigenvalue weighted by atomic mass is 16.2. The van der Waals surface area contributed by atoms with Gasteiger partial charge in [-0.25, -0.2) is 5.01 Å². The van der Waals surface area contributed by atoms with Crippen molar-refractivity contribution < 1.29 is 9.59 Å². The van der Waals surface area contributed by atoms with Crippen LogP contribution in [0, 0.1) is 13.8 Å². The van der Waals surface area contributed by atoms with E-state index in [-0.39, 0.29) is 11.8 Å². The van der Waals surface area contributed by atoms with Gasteiger partial charge < -0.3 is 5.32 Å². The molecule has 26 heavy (non-hydrogen) atoms. The summed E-state index contributed by atoms with van der Waals surface area (Å²) in [4.78, 5) is 27.1. The number of nitrogens with zero attached hydrogens (tertiary/aromatic N) is 3. The lowest BCUT2D eigenvalue weighted by Crippen LogP contribution is -2.43. The Morgan fingerprint density at radius 2 is 2.04 bits per heavy atom. The van der Waals surface area contributed by atoms with E-state index in [0.717, 1.165) is 29.9 Å². The van der Waals surface area contributed by atoms with E-state index in [4.69, 9.17) is 0 Å². The van der Waals surface area contributed by atoms with Crippen LogP contribution >= 0.6 is 0 Å². The summed E-state index contributed by atoms with van der Waals surface area (Å²) in [5.74, 6) is -0.264. The molecule has 1 N–H and O–H groups in total. The molecular weight excluding hydrogens is 328 g/mol. The van der Waals surface area contributed by atoms with Gasteiger partial charge in [0.1, 0.15) is 5.71 Å². The lowest BCUT2D eigenvalue weighted by Gasteiger charge is -2.26. The molecule has 0 radical (unpaired) electrons. The minimum absolute atomic E-state index is 0.0767. The molecule has 1 aromatic carbocycles. The van der Waals surface area contributed by atoms with E-state index in [2.05, 4.69) is 36.1 Å². The van der Waals surface area contributed by atoms with Gasteiger partial charge in [0.15, 0.2) is 0 Å². The van der Waals surface area contributed by atoms with Gasteiger partial charge in [0.2, 0.25) is 5.91 Å². The van der Waals surface area contributed by atoms with Gasteiger partial charge in [-0.1, -0.05) is 19.1 Å². The van der Waals surface area contributed by atoms with Crippen LogP contribution in [-0.4, -0.2) is 48.1 Å². The van der Waals surface area contributed by atoms with Gasteiger partial charge in [-0.15, -0.1) is 0 Å². The van der Waals surface area contributed by atoms with Gasteiger partial charge >= 0.3 is 0 Å². The SMILES string of the molecule is CCN(CCNC(=O)C1=NN(c2cc(C)ccc2C)C(=O)CC1)C(C)C. The Labute approximate surface area is 156 Å². The maximum Gasteiger partial charge on any atom is 0.267 e. The topological polar surface area (TPSA) is 65.0 Å². The maximum atomic E-state index is 12.5. The Morgan fingerprint density at radius 3 is 2.69 bits per heavy atom. The average Bonchev–Trinajstić information content (AvgIpc) is 2.61. The van der Waals surface area contributed by atoms with Crippen molar-refractivity contribution in [1.82, 2.24) is 10.2 Å². The van der Waals surface area contributed by atoms with Crippen LogP contribution in [0.1, 0.15) is 44.7 Å². The van der Waals surface area contributed by atoms with Crippen molar-refractivity contribution in [1.29, 1.82) is 0 Å². The predicted molar refractivity (Wildman–Crippen MR) is 105 cm³/mol. The molecule has 2 amide bonds. The molecular formula is C20H30N4O2. The molecule has 2 rings (SSSR count). The average molecular weight is 358 g/mol. The van der Waals surface area contributed by atoms with Crippen LogP contribution in [0.25, 0.3) is 0 Å². The first-order valence-corrected chi connectivity index (χ1v) is 9.33. The lowest BCUT2D eigenvalue weighted by atomic mass is 10.1. The number of anilines is 1. The third-order valence-electron chi connectivity index (χ3n) is 4.71. The molecule has 0 bridgehead atoms. The van der Waals surface area contributed by atoms with E-state index < -0.39 is 0 Å². The van der Waals surface area contributed by atoms with E-state index in [0.29, 0.717) is 31.1 Å². The largest absolute Gasteiger partial charge is 0.350 e. The Balaban J connectivity index is 2.08. The number of nitrogens with one attached hydrogen (secondary N) is 1. The van der Waals surface area contributed by atoms with Crippen LogP contribution in [0.15, 0.2) is 23.3 Å². The third kappa shape index (κ3) is 4.91. The lowest BCUT2D eigenvalue weighted by molar-refractivity contribution is -0.119. The zero-order valence-electron chi connectivity index (χ0n) is 16.5. The van der Waals surface area contributed by atoms with Crippen LogP contribution in [0.2, 0.25) is 0 Å². The van der Waals surface area contributed by atoms with Gasteiger partial charge in [-0.05, 0) is 51.4 Å². The molecule has 6 nitrogen and oxygen atoms in total. The normalized spacial score (nSPS) is 14.8. The van der Waals surface area contributed by atoms with E-state index in [1.165, 1.54) is 5.01 Å². The van der Waals surface area contributed by atoms with E-state index in [1.54, 1.807) is 0 Å². The Hall–Kier alpha value is -2.21. The fourth-order valence-electron chi connectivity index (χ4n) is 3.05. The van der Waals surface area contributed by atoms with Crippen LogP contribution in [-0.2, 0) is 9.59 Å². The van der Waals surface area contributed by atoms with Crippen molar-refractivity contribution in [3.8, 4) is 0 Å². The highest BCUT2D eigenvalue weighted by Gasteiger charge is 2.26. The molecule has 1 aliphatic rings. The Bertz CT molecular complexity index is 697. The maximum absolute atomic E-state index is 12.5. The molecule has 0 aromatic heterocycles. The van der Waals surface area contributed by atoms with Crippen LogP contribution < -0.4 is 10.3 Å². The molecule has 0 spiro atoms. The molecule has 6 heteroatoms. The van der Waals surface area contributed by atoms with E-state index in [1.807, 2.05) is 32.0 Å². The molecule has 0 saturated carbocycles. The first-order chi connectivity index (χ1) is 12.3. The van der Waals surface area contributed by atoms with Crippen molar-refractivity contribution in [3.63, 3.8) is 0 Å². The van der Waals surface area contributed by atoms with Gasteiger partial charge in [-0.2, -0.15) is 5.10 Å². The standard InChI is InChI=1S/C20H30N4O2/c1-6-23(14(2)3)12-11-21-20(26)17-9-10-19(25)24(22-17)18-13-15(4)7-8-16(18)5/h7-8,13-14H,6,9-12H2,1-5H3,(H,21,26). The number of hydrazone groups is 1. The Kier molecular flexibility index (Phi) is 6.91. The number of carbonyl (C=O) groups excluding carboxylic acids is 2. The first kappa shape index (κ1) is 20.1. The summed E-state index contributed by atoms with van der Waals surface area (Å²) in [6, 6.07) is 6.34. The number of hydrogen-bond acceptors (Lipinski definition) is 4. The predicted octanol–water partition coefficient (Wildman–Crippen LogP) is 2.63. The van der Waals surface area contributed by atoms with Gasteiger partial charge in [0.05, 0.1) is 5.69 Å². The van der Waals surface area contributed by atoms with Crippen LogP contribution in [0.3, 0.4) is 0 Å². The molecule has 1 heterocycles. The van der Waals surface area contributed by atoms with Crippen LogP contribution in [0.5, 0.6) is 0 Å². The summed E-state index contributed by atoms with van der Waals surface area (Å²) in [6.07, 6.45) is 0.681. The zero-order chi connectivity index (χ0) is 19.3. The summed E-state index contributed by atoms with van der Waals surface area (Å²) in [5, 5.41) is 8.68. The van der Waals surface area contributed by atoms with Gasteiger partial charge in [-0.3, -0.25) is 14.5 Å². The second kappa shape index (κ2) is 8.94. The molecule has 0 aliphatic carbocycles. The Morgan fingerprint density at radius 1 is 1.31 bits per heavy atom. The van der Waals surface area contributed by atoms with Crippen molar-refractivity contribution in [2.75, 3.05) is 24.6 Å². The van der Waals surface area contributed by atoms with Gasteiger partial charge in [0.25, 0.3) is 5.91 Å². The number of amides is 2. The number of rotatable bonds is 7. The van der Waals surface area contributed by atoms with E-state index in [9.17, 15) is 9.59 Å². The molecule has 0 fully saturated rings. The fourth-order valence-corrected chi connectivity index (χ4v) is 3.05. The molecule has 142 valence electrons. The number of hydrogen-bond donors (Lipinski definition) is 1. The molecule has 1 aliphatic heterocycles. The smallest absolute Gasteiger partial charge is 0.267 e. The van der Waals surface area contributed by atoms with Gasteiger partial charge in [0, 0.05) is 32.0 Å². The minimum Gasteiger partial charge on any atom is -0.350 e. The summed E-state index contributed by atoms with van der Waals surface area (Å²) < 4.78 is 0. The molecule has 0 atom stereocenters. The number of likely N-dealkylation sites (N-methyl/N-ethyl adjacent to an activating group) is 1. The van der Waals surface area contributed by atoms with Crippen molar-refractivity contribution >= 4 is 23.2 Å². The summed E-state index contributed by atoms with van der Waals surface area (Å²) in [5.41, 5.74) is 3.18. The zero-order valence-corrected chi connectivity index (χ0v) is 16.5. The summed E-state index contributed by atoms with van der Waals surface area (Å²) in [7, 11) is 0. The molecule has 1 aromatic rings. The minimum atomic E-state index is -0.187. The van der Waals surface area contributed by atoms with Crippen molar-refractivity contribution in [2.24, 2.45) is 5.10 Å². The number of benzene rings is 1. The van der Waals surface area contributed by atoms with Crippen molar-refractivity contribution in [2.45, 2.75) is 53.5 Å².